The van der Waals surface area contributed by atoms with Gasteiger partial charge >= 0.3 is 0 Å². The summed E-state index contributed by atoms with van der Waals surface area (Å²) in [5, 5.41) is 0. The molecule has 1 aromatic carbocycles. The Morgan fingerprint density at radius 3 is 2.50 bits per heavy atom. The summed E-state index contributed by atoms with van der Waals surface area (Å²) in [6, 6.07) is 13.6. The van der Waals surface area contributed by atoms with Gasteiger partial charge in [-0.15, -0.1) is 0 Å². The third kappa shape index (κ3) is 5.19. The van der Waals surface area contributed by atoms with Gasteiger partial charge in [0, 0.05) is 49.5 Å². The van der Waals surface area contributed by atoms with Crippen molar-refractivity contribution < 1.29 is 9.53 Å². The number of hydrogen-bond acceptors (Lipinski definition) is 3. The molecule has 194 valence electrons. The number of ether oxygens (including phenoxy) is 1. The van der Waals surface area contributed by atoms with Crippen molar-refractivity contribution in [1.29, 1.82) is 0 Å². The molecule has 2 atom stereocenters. The van der Waals surface area contributed by atoms with Crippen LogP contribution in [-0.4, -0.2) is 53.2 Å². The normalized spacial score (nSPS) is 25.7. The van der Waals surface area contributed by atoms with Crippen LogP contribution < -0.4 is 0 Å². The zero-order valence-corrected chi connectivity index (χ0v) is 22.6. The number of piperidine rings is 1. The number of benzene rings is 1. The van der Waals surface area contributed by atoms with Crippen molar-refractivity contribution in [3.8, 4) is 0 Å². The molecule has 2 aliphatic heterocycles. The fourth-order valence-corrected chi connectivity index (χ4v) is 6.21. The van der Waals surface area contributed by atoms with Gasteiger partial charge in [0.1, 0.15) is 6.73 Å². The minimum Gasteiger partial charge on any atom is -0.350 e. The van der Waals surface area contributed by atoms with Gasteiger partial charge in [-0.2, -0.15) is 0 Å². The summed E-state index contributed by atoms with van der Waals surface area (Å²) in [6.07, 6.45) is 12.3. The maximum absolute atomic E-state index is 12.8. The Bertz CT molecular complexity index is 1060. The largest absolute Gasteiger partial charge is 0.350 e. The fraction of sp³-hybridized carbons (Fsp3) is 0.581. The number of likely N-dealkylation sites (tertiary alicyclic amines) is 1. The molecule has 0 N–H and O–H groups in total. The van der Waals surface area contributed by atoms with E-state index in [9.17, 15) is 4.79 Å². The maximum Gasteiger partial charge on any atom is 0.229 e. The number of allylic oxidation sites excluding steroid dienone is 1. The van der Waals surface area contributed by atoms with Crippen LogP contribution in [0.4, 0.5) is 0 Å². The van der Waals surface area contributed by atoms with E-state index in [1.54, 1.807) is 0 Å². The molecule has 0 spiro atoms. The molecule has 0 saturated carbocycles. The van der Waals surface area contributed by atoms with Crippen LogP contribution >= 0.6 is 0 Å². The molecule has 5 nitrogen and oxygen atoms in total. The molecule has 0 bridgehead atoms. The highest BCUT2D eigenvalue weighted by atomic mass is 16.5. The molecule has 1 aliphatic carbocycles. The molecule has 1 aromatic heterocycles. The monoisotopic (exact) mass is 489 g/mol. The van der Waals surface area contributed by atoms with Gasteiger partial charge in [0.2, 0.25) is 5.91 Å². The van der Waals surface area contributed by atoms with Crippen molar-refractivity contribution in [2.24, 2.45) is 11.3 Å². The number of fused-ring (bicyclic) bond motifs is 1. The van der Waals surface area contributed by atoms with Crippen LogP contribution in [-0.2, 0) is 21.6 Å². The Kier molecular flexibility index (Phi) is 7.15. The standard InChI is InChI=1S/C31H43N3O2/c1-24-10-11-25-12-19-34(28(25)22-24)27-13-17-32(18-14-27)20-15-31(26-8-6-5-7-9-26)16-21-33(23-36-31)29(35)30(2,3)4/h5-12,19,24,27H,13-18,20-23H2,1-4H3. The van der Waals surface area contributed by atoms with Gasteiger partial charge in [0.05, 0.1) is 5.60 Å². The third-order valence-corrected chi connectivity index (χ3v) is 8.47. The van der Waals surface area contributed by atoms with E-state index in [2.05, 4.69) is 71.1 Å². The van der Waals surface area contributed by atoms with Crippen LogP contribution in [0.5, 0.6) is 0 Å². The second kappa shape index (κ2) is 10.2. The van der Waals surface area contributed by atoms with Crippen molar-refractivity contribution in [3.63, 3.8) is 0 Å². The van der Waals surface area contributed by atoms with E-state index in [4.69, 9.17) is 4.74 Å². The molecular formula is C31H43N3O2. The summed E-state index contributed by atoms with van der Waals surface area (Å²) in [5.41, 5.74) is 3.47. The van der Waals surface area contributed by atoms with Crippen molar-refractivity contribution in [2.45, 2.75) is 71.4 Å². The van der Waals surface area contributed by atoms with Crippen LogP contribution in [0.3, 0.4) is 0 Å². The topological polar surface area (TPSA) is 37.7 Å². The van der Waals surface area contributed by atoms with Gasteiger partial charge in [-0.3, -0.25) is 4.79 Å². The molecule has 5 rings (SSSR count). The SMILES string of the molecule is CC1C=Cc2ccn(C3CCN(CCC4(c5ccccc5)CCN(C(=O)C(C)(C)C)CO4)CC3)c2C1. The molecule has 3 aliphatic rings. The molecule has 0 radical (unpaired) electrons. The second-order valence-electron chi connectivity index (χ2n) is 12.2. The highest BCUT2D eigenvalue weighted by Gasteiger charge is 2.40. The molecule has 2 unspecified atom stereocenters. The van der Waals surface area contributed by atoms with Crippen molar-refractivity contribution in [2.75, 3.05) is 32.9 Å². The summed E-state index contributed by atoms with van der Waals surface area (Å²) in [7, 11) is 0. The average molecular weight is 490 g/mol. The van der Waals surface area contributed by atoms with Crippen LogP contribution in [0.1, 0.15) is 76.2 Å². The van der Waals surface area contributed by atoms with Crippen molar-refractivity contribution >= 4 is 12.0 Å². The fourth-order valence-electron chi connectivity index (χ4n) is 6.21. The Labute approximate surface area is 217 Å². The molecule has 2 fully saturated rings. The lowest BCUT2D eigenvalue weighted by Crippen LogP contribution is -2.51. The smallest absolute Gasteiger partial charge is 0.229 e. The highest BCUT2D eigenvalue weighted by molar-refractivity contribution is 5.81. The number of amides is 1. The van der Waals surface area contributed by atoms with Crippen LogP contribution in [0.15, 0.2) is 48.7 Å². The zero-order chi connectivity index (χ0) is 25.3. The third-order valence-electron chi connectivity index (χ3n) is 8.47. The van der Waals surface area contributed by atoms with Crippen LogP contribution in [0.2, 0.25) is 0 Å². The van der Waals surface area contributed by atoms with Gasteiger partial charge in [-0.1, -0.05) is 70.2 Å². The molecule has 2 aromatic rings. The first kappa shape index (κ1) is 25.3. The van der Waals surface area contributed by atoms with E-state index >= 15 is 0 Å². The van der Waals surface area contributed by atoms with Gasteiger partial charge in [-0.05, 0) is 55.2 Å². The predicted molar refractivity (Wildman–Crippen MR) is 146 cm³/mol. The summed E-state index contributed by atoms with van der Waals surface area (Å²) < 4.78 is 9.16. The Balaban J connectivity index is 1.21. The predicted octanol–water partition coefficient (Wildman–Crippen LogP) is 5.87. The van der Waals surface area contributed by atoms with Gasteiger partial charge in [0.25, 0.3) is 0 Å². The van der Waals surface area contributed by atoms with E-state index in [1.807, 2.05) is 25.7 Å². The minimum absolute atomic E-state index is 0.170. The molecule has 3 heterocycles. The Morgan fingerprint density at radius 1 is 1.08 bits per heavy atom. The molecular weight excluding hydrogens is 446 g/mol. The maximum atomic E-state index is 12.8. The summed E-state index contributed by atoms with van der Waals surface area (Å²) in [5.74, 6) is 0.800. The van der Waals surface area contributed by atoms with Crippen molar-refractivity contribution in [1.82, 2.24) is 14.4 Å². The van der Waals surface area contributed by atoms with Crippen LogP contribution in [0, 0.1) is 11.3 Å². The summed E-state index contributed by atoms with van der Waals surface area (Å²) in [4.78, 5) is 17.4. The quantitative estimate of drug-likeness (QED) is 0.527. The molecule has 5 heteroatoms. The average Bonchev–Trinajstić information content (AvgIpc) is 3.31. The number of nitrogens with zero attached hydrogens (tertiary/aromatic N) is 3. The first-order valence-electron chi connectivity index (χ1n) is 13.8. The lowest BCUT2D eigenvalue weighted by Gasteiger charge is -2.45. The van der Waals surface area contributed by atoms with Gasteiger partial charge in [0.15, 0.2) is 0 Å². The van der Waals surface area contributed by atoms with E-state index in [1.165, 1.54) is 29.7 Å². The number of aromatic nitrogens is 1. The van der Waals surface area contributed by atoms with Gasteiger partial charge in [-0.25, -0.2) is 0 Å². The second-order valence-corrected chi connectivity index (χ2v) is 12.2. The summed E-state index contributed by atoms with van der Waals surface area (Å²) in [6.45, 7) is 12.7. The minimum atomic E-state index is -0.381. The van der Waals surface area contributed by atoms with E-state index < -0.39 is 0 Å². The van der Waals surface area contributed by atoms with Gasteiger partial charge < -0.3 is 19.1 Å². The highest BCUT2D eigenvalue weighted by Crippen LogP contribution is 2.38. The van der Waals surface area contributed by atoms with E-state index in [-0.39, 0.29) is 16.9 Å². The first-order valence-corrected chi connectivity index (χ1v) is 13.8. The first-order chi connectivity index (χ1) is 17.2. The lowest BCUT2D eigenvalue weighted by molar-refractivity contribution is -0.175. The van der Waals surface area contributed by atoms with Crippen LogP contribution in [0.25, 0.3) is 6.08 Å². The molecule has 1 amide bonds. The van der Waals surface area contributed by atoms with Crippen molar-refractivity contribution in [3.05, 3.63) is 65.5 Å². The Morgan fingerprint density at radius 2 is 1.83 bits per heavy atom. The van der Waals surface area contributed by atoms with E-state index in [0.29, 0.717) is 18.7 Å². The Hall–Kier alpha value is -2.37. The number of rotatable bonds is 5. The lowest BCUT2D eigenvalue weighted by atomic mass is 9.85. The molecule has 2 saturated heterocycles. The number of carbonyl (C=O) groups is 1. The number of carbonyl (C=O) groups excluding carboxylic acids is 1. The zero-order valence-electron chi connectivity index (χ0n) is 22.6. The summed E-state index contributed by atoms with van der Waals surface area (Å²) >= 11 is 0. The molecule has 36 heavy (non-hydrogen) atoms. The van der Waals surface area contributed by atoms with E-state index in [0.717, 1.165) is 45.4 Å². The number of hydrogen-bond donors (Lipinski definition) is 0.